The lowest BCUT2D eigenvalue weighted by Gasteiger charge is -2.39. The summed E-state index contributed by atoms with van der Waals surface area (Å²) in [5.74, 6) is -4.70. The molecule has 1 aliphatic carbocycles. The number of rotatable bonds is 9. The molecule has 8 nitrogen and oxygen atoms in total. The Hall–Kier alpha value is -3.30. The van der Waals surface area contributed by atoms with Gasteiger partial charge in [0.25, 0.3) is 0 Å². The van der Waals surface area contributed by atoms with Gasteiger partial charge in [-0.25, -0.2) is 9.88 Å². The zero-order valence-corrected chi connectivity index (χ0v) is 20.9. The zero-order chi connectivity index (χ0) is 26.0. The highest BCUT2D eigenvalue weighted by Gasteiger charge is 2.52. The monoisotopic (exact) mass is 509 g/mol. The van der Waals surface area contributed by atoms with Crippen LogP contribution in [0.3, 0.4) is 0 Å². The lowest BCUT2D eigenvalue weighted by Crippen LogP contribution is -2.56. The Labute approximate surface area is 214 Å². The number of anilines is 1. The summed E-state index contributed by atoms with van der Waals surface area (Å²) in [6, 6.07) is 11.7. The summed E-state index contributed by atoms with van der Waals surface area (Å²) in [7, 11) is 0. The summed E-state index contributed by atoms with van der Waals surface area (Å²) in [5, 5.41) is 12.6. The second-order valence-corrected chi connectivity index (χ2v) is 10.0. The smallest absolute Gasteiger partial charge is 0.332 e. The molecular formula is C28H32FN3O5. The van der Waals surface area contributed by atoms with Gasteiger partial charge in [-0.15, -0.1) is 0 Å². The van der Waals surface area contributed by atoms with Crippen molar-refractivity contribution in [3.8, 4) is 0 Å². The lowest BCUT2D eigenvalue weighted by atomic mass is 9.87. The van der Waals surface area contributed by atoms with Crippen molar-refractivity contribution in [1.29, 1.82) is 0 Å². The number of carboxylic acid groups (broad SMARTS) is 1. The van der Waals surface area contributed by atoms with E-state index in [2.05, 4.69) is 10.3 Å². The summed E-state index contributed by atoms with van der Waals surface area (Å²) >= 11 is 0. The Kier molecular flexibility index (Phi) is 7.26. The molecule has 0 radical (unpaired) electrons. The Bertz CT molecular complexity index is 1270. The molecule has 2 heterocycles. The number of aryl methyl sites for hydroxylation is 1. The number of nitrogens with zero attached hydrogens (tertiary/aromatic N) is 2. The molecule has 5 rings (SSSR count). The fraction of sp³-hybridized carbons (Fsp3) is 0.464. The van der Waals surface area contributed by atoms with E-state index in [1.807, 2.05) is 31.2 Å². The van der Waals surface area contributed by atoms with E-state index in [9.17, 15) is 14.7 Å². The van der Waals surface area contributed by atoms with Gasteiger partial charge in [-0.3, -0.25) is 9.59 Å². The van der Waals surface area contributed by atoms with Crippen molar-refractivity contribution >= 4 is 28.5 Å². The number of aromatic nitrogens is 1. The first-order valence-corrected chi connectivity index (χ1v) is 12.9. The third-order valence-corrected chi connectivity index (χ3v) is 7.56. The predicted octanol–water partition coefficient (Wildman–Crippen LogP) is 5.24. The zero-order valence-electron chi connectivity index (χ0n) is 20.9. The number of benzene rings is 2. The molecule has 2 aromatic carbocycles. The number of carbonyl (C=O) groups is 2. The maximum atomic E-state index is 17.1. The van der Waals surface area contributed by atoms with Crippen LogP contribution in [0, 0.1) is 12.8 Å². The van der Waals surface area contributed by atoms with Crippen LogP contribution in [0.25, 0.3) is 11.1 Å². The molecule has 37 heavy (non-hydrogen) atoms. The van der Waals surface area contributed by atoms with Crippen LogP contribution < -0.4 is 5.32 Å². The number of aliphatic carboxylic acids is 1. The van der Waals surface area contributed by atoms with Crippen molar-refractivity contribution in [2.45, 2.75) is 63.6 Å². The van der Waals surface area contributed by atoms with Gasteiger partial charge in [-0.2, -0.15) is 4.39 Å². The Morgan fingerprint density at radius 3 is 2.59 bits per heavy atom. The summed E-state index contributed by atoms with van der Waals surface area (Å²) in [4.78, 5) is 31.3. The van der Waals surface area contributed by atoms with Crippen LogP contribution in [0.5, 0.6) is 0 Å². The van der Waals surface area contributed by atoms with Gasteiger partial charge < -0.3 is 19.6 Å². The van der Waals surface area contributed by atoms with Gasteiger partial charge in [0.05, 0.1) is 12.0 Å². The molecule has 1 aliphatic heterocycles. The molecule has 1 saturated carbocycles. The van der Waals surface area contributed by atoms with Crippen molar-refractivity contribution in [2.24, 2.45) is 5.92 Å². The molecule has 2 N–H and O–H groups in total. The number of halogens is 1. The SMILES string of the molecule is Cc1ccccc1NC(C(=O)C(F)(OC1CCC(C(=O)O)CC1)N1CCCC1)c1ccc2ncoc2c1. The van der Waals surface area contributed by atoms with E-state index in [4.69, 9.17) is 9.15 Å². The van der Waals surface area contributed by atoms with Crippen LogP contribution in [0.4, 0.5) is 10.1 Å². The van der Waals surface area contributed by atoms with Crippen LogP contribution in [0.1, 0.15) is 55.7 Å². The van der Waals surface area contributed by atoms with E-state index in [1.165, 1.54) is 11.3 Å². The van der Waals surface area contributed by atoms with Gasteiger partial charge in [0.2, 0.25) is 5.78 Å². The average Bonchev–Trinajstić information content (AvgIpc) is 3.60. The lowest BCUT2D eigenvalue weighted by molar-refractivity contribution is -0.253. The second kappa shape index (κ2) is 10.6. The van der Waals surface area contributed by atoms with Crippen LogP contribution in [0.2, 0.25) is 0 Å². The fourth-order valence-corrected chi connectivity index (χ4v) is 5.36. The fourth-order valence-electron chi connectivity index (χ4n) is 5.36. The number of likely N-dealkylation sites (tertiary alicyclic amines) is 1. The summed E-state index contributed by atoms with van der Waals surface area (Å²) in [5.41, 5.74) is 3.31. The van der Waals surface area contributed by atoms with E-state index >= 15 is 4.39 Å². The molecule has 2 atom stereocenters. The molecule has 0 amide bonds. The van der Waals surface area contributed by atoms with Gasteiger partial charge in [0, 0.05) is 18.8 Å². The maximum Gasteiger partial charge on any atom is 0.332 e. The third-order valence-electron chi connectivity index (χ3n) is 7.56. The van der Waals surface area contributed by atoms with Gasteiger partial charge in [0.1, 0.15) is 11.6 Å². The molecule has 2 unspecified atom stereocenters. The second-order valence-electron chi connectivity index (χ2n) is 10.0. The Balaban J connectivity index is 1.49. The largest absolute Gasteiger partial charge is 0.481 e. The molecule has 9 heteroatoms. The number of fused-ring (bicyclic) bond motifs is 1. The van der Waals surface area contributed by atoms with Crippen LogP contribution >= 0.6 is 0 Å². The molecule has 0 bridgehead atoms. The molecular weight excluding hydrogens is 477 g/mol. The molecule has 1 aromatic heterocycles. The van der Waals surface area contributed by atoms with Gasteiger partial charge in [0.15, 0.2) is 12.0 Å². The summed E-state index contributed by atoms with van der Waals surface area (Å²) < 4.78 is 28.6. The standard InChI is InChI=1S/C28H32FN3O5/c1-18-6-2-3-7-22(18)31-25(20-10-13-23-24(16-20)36-17-30-23)26(33)28(29,32-14-4-5-15-32)37-21-11-8-19(9-12-21)27(34)35/h2-3,6-7,10,13,16-17,19,21,25,31H,4-5,8-9,11-12,14-15H2,1H3,(H,34,35). The topological polar surface area (TPSA) is 105 Å². The van der Waals surface area contributed by atoms with E-state index in [-0.39, 0.29) is 0 Å². The minimum atomic E-state index is -2.66. The highest BCUT2D eigenvalue weighted by atomic mass is 19.2. The number of hydrogen-bond donors (Lipinski definition) is 2. The van der Waals surface area contributed by atoms with E-state index < -0.39 is 35.8 Å². The van der Waals surface area contributed by atoms with Crippen LogP contribution in [-0.2, 0) is 14.3 Å². The van der Waals surface area contributed by atoms with Crippen molar-refractivity contribution in [1.82, 2.24) is 9.88 Å². The van der Waals surface area contributed by atoms with Gasteiger partial charge in [-0.05, 0) is 74.8 Å². The molecule has 0 spiro atoms. The highest BCUT2D eigenvalue weighted by Crippen LogP contribution is 2.38. The molecule has 196 valence electrons. The normalized spacial score (nSPS) is 23.0. The first kappa shape index (κ1) is 25.4. The van der Waals surface area contributed by atoms with E-state index in [0.717, 1.165) is 18.4 Å². The number of carbonyl (C=O) groups excluding carboxylic acids is 1. The number of Topliss-reactive ketones (excluding diaryl/α,β-unsaturated/α-hetero) is 1. The average molecular weight is 510 g/mol. The molecule has 2 fully saturated rings. The minimum Gasteiger partial charge on any atom is -0.481 e. The van der Waals surface area contributed by atoms with Crippen molar-refractivity contribution < 1.29 is 28.2 Å². The minimum absolute atomic E-state index is 0.393. The Morgan fingerprint density at radius 1 is 1.16 bits per heavy atom. The van der Waals surface area contributed by atoms with Crippen molar-refractivity contribution in [3.05, 3.63) is 60.0 Å². The number of ether oxygens (including phenoxy) is 1. The first-order valence-electron chi connectivity index (χ1n) is 12.9. The van der Waals surface area contributed by atoms with Gasteiger partial charge >= 0.3 is 11.9 Å². The Morgan fingerprint density at radius 2 is 1.89 bits per heavy atom. The molecule has 1 saturated heterocycles. The van der Waals surface area contributed by atoms with E-state index in [0.29, 0.717) is 61.1 Å². The summed E-state index contributed by atoms with van der Waals surface area (Å²) in [6.45, 7) is 2.74. The first-order chi connectivity index (χ1) is 17.8. The van der Waals surface area contributed by atoms with Crippen molar-refractivity contribution in [2.75, 3.05) is 18.4 Å². The number of para-hydroxylation sites is 1. The number of carboxylic acids is 1. The summed E-state index contributed by atoms with van der Waals surface area (Å²) in [6.07, 6.45) is 3.92. The number of ketones is 1. The number of alkyl halides is 1. The number of nitrogens with one attached hydrogen (secondary N) is 1. The highest BCUT2D eigenvalue weighted by molar-refractivity contribution is 5.94. The third kappa shape index (κ3) is 5.24. The molecule has 3 aromatic rings. The maximum absolute atomic E-state index is 17.1. The van der Waals surface area contributed by atoms with Crippen molar-refractivity contribution in [3.63, 3.8) is 0 Å². The van der Waals surface area contributed by atoms with Crippen LogP contribution in [-0.4, -0.2) is 51.9 Å². The predicted molar refractivity (Wildman–Crippen MR) is 136 cm³/mol. The van der Waals surface area contributed by atoms with Crippen LogP contribution in [0.15, 0.2) is 53.3 Å². The van der Waals surface area contributed by atoms with E-state index in [1.54, 1.807) is 18.2 Å². The quantitative estimate of drug-likeness (QED) is 0.378. The number of oxazole rings is 1. The molecule has 2 aliphatic rings. The van der Waals surface area contributed by atoms with Gasteiger partial charge in [-0.1, -0.05) is 24.3 Å². The number of hydrogen-bond acceptors (Lipinski definition) is 7.